The summed E-state index contributed by atoms with van der Waals surface area (Å²) >= 11 is 0. The molecule has 44 heavy (non-hydrogen) atoms. The predicted octanol–water partition coefficient (Wildman–Crippen LogP) is 7.16. The van der Waals surface area contributed by atoms with Crippen molar-refractivity contribution in [2.24, 2.45) is 0 Å². The van der Waals surface area contributed by atoms with Crippen LogP contribution in [0.4, 0.5) is 5.69 Å². The maximum atomic E-state index is 14.9. The number of pyridine rings is 1. The highest BCUT2D eigenvalue weighted by Gasteiger charge is 2.40. The van der Waals surface area contributed by atoms with E-state index in [4.69, 9.17) is 0 Å². The van der Waals surface area contributed by atoms with Gasteiger partial charge in [-0.1, -0.05) is 54.1 Å². The fraction of sp³-hybridized carbons (Fsp3) is 0.167. The van der Waals surface area contributed by atoms with Gasteiger partial charge in [0.1, 0.15) is 11.4 Å². The van der Waals surface area contributed by atoms with Crippen LogP contribution in [0.15, 0.2) is 83.7 Å². The van der Waals surface area contributed by atoms with E-state index in [0.717, 1.165) is 33.4 Å². The van der Waals surface area contributed by atoms with E-state index in [1.54, 1.807) is 36.4 Å². The Kier molecular flexibility index (Phi) is 6.92. The van der Waals surface area contributed by atoms with Crippen LogP contribution in [-0.2, 0) is 0 Å². The van der Waals surface area contributed by atoms with Crippen LogP contribution in [0.25, 0.3) is 27.9 Å². The van der Waals surface area contributed by atoms with Gasteiger partial charge in [-0.15, -0.1) is 0 Å². The van der Waals surface area contributed by atoms with Crippen molar-refractivity contribution < 1.29 is 14.8 Å². The Labute approximate surface area is 254 Å². The van der Waals surface area contributed by atoms with Crippen molar-refractivity contribution in [3.63, 3.8) is 0 Å². The van der Waals surface area contributed by atoms with Gasteiger partial charge in [-0.05, 0) is 86.2 Å². The van der Waals surface area contributed by atoms with Crippen molar-refractivity contribution >= 4 is 11.6 Å². The summed E-state index contributed by atoms with van der Waals surface area (Å²) in [6, 6.07) is 21.7. The van der Waals surface area contributed by atoms with Gasteiger partial charge in [0.25, 0.3) is 17.2 Å². The van der Waals surface area contributed by atoms with Crippen LogP contribution in [-0.4, -0.2) is 20.5 Å². The fourth-order valence-corrected chi connectivity index (χ4v) is 6.69. The second-order valence-electron chi connectivity index (χ2n) is 11.4. The van der Waals surface area contributed by atoms with E-state index in [0.29, 0.717) is 27.9 Å². The van der Waals surface area contributed by atoms with Gasteiger partial charge in [0.15, 0.2) is 0 Å². The van der Waals surface area contributed by atoms with Gasteiger partial charge >= 0.3 is 0 Å². The lowest BCUT2D eigenvalue weighted by molar-refractivity contribution is -0.384. The van der Waals surface area contributed by atoms with Crippen LogP contribution in [0.1, 0.15) is 55.5 Å². The van der Waals surface area contributed by atoms with E-state index in [1.807, 2.05) is 65.0 Å². The molecule has 220 valence electrons. The Morgan fingerprint density at radius 2 is 1.39 bits per heavy atom. The fourth-order valence-electron chi connectivity index (χ4n) is 6.69. The SMILES string of the molecule is Cc1cc(C)c(-n2c3c(c(-c4ccccc4O)c(-c4ccc([N+](=O)[O-])cc4)c2=O)C(c2c(C)cccc2C)NC3=O)c(C)c1. The third-order valence-corrected chi connectivity index (χ3v) is 8.42. The lowest BCUT2D eigenvalue weighted by Gasteiger charge is -2.25. The molecular formula is C36H31N3O5. The minimum absolute atomic E-state index is 0.0580. The molecule has 5 aromatic rings. The molecule has 1 amide bonds. The minimum atomic E-state index is -0.636. The molecule has 2 heterocycles. The molecule has 8 heteroatoms. The molecule has 0 saturated carbocycles. The minimum Gasteiger partial charge on any atom is -0.507 e. The van der Waals surface area contributed by atoms with Crippen molar-refractivity contribution in [2.75, 3.05) is 0 Å². The van der Waals surface area contributed by atoms with E-state index in [-0.39, 0.29) is 22.7 Å². The monoisotopic (exact) mass is 585 g/mol. The van der Waals surface area contributed by atoms with Gasteiger partial charge < -0.3 is 10.4 Å². The Bertz CT molecular complexity index is 2030. The van der Waals surface area contributed by atoms with Crippen LogP contribution in [0, 0.1) is 44.7 Å². The highest BCUT2D eigenvalue weighted by molar-refractivity contribution is 6.04. The summed E-state index contributed by atoms with van der Waals surface area (Å²) in [4.78, 5) is 40.1. The number of nitrogens with one attached hydrogen (secondary N) is 1. The molecule has 1 atom stereocenters. The summed E-state index contributed by atoms with van der Waals surface area (Å²) in [6.07, 6.45) is 0. The molecule has 0 spiro atoms. The van der Waals surface area contributed by atoms with Crippen LogP contribution in [0.3, 0.4) is 0 Å². The lowest BCUT2D eigenvalue weighted by atomic mass is 9.84. The van der Waals surface area contributed by atoms with Crippen molar-refractivity contribution in [1.29, 1.82) is 0 Å². The molecule has 1 aliphatic heterocycles. The number of phenolic OH excluding ortho intramolecular Hbond substituents is 1. The molecule has 0 saturated heterocycles. The molecule has 6 rings (SSSR count). The molecule has 2 N–H and O–H groups in total. The Morgan fingerprint density at radius 1 is 0.773 bits per heavy atom. The number of aromatic nitrogens is 1. The number of aromatic hydroxyl groups is 1. The van der Waals surface area contributed by atoms with E-state index in [1.165, 1.54) is 16.7 Å². The van der Waals surface area contributed by atoms with Gasteiger partial charge in [0.2, 0.25) is 0 Å². The molecular weight excluding hydrogens is 554 g/mol. The molecule has 0 fully saturated rings. The Balaban J connectivity index is 1.86. The van der Waals surface area contributed by atoms with Gasteiger partial charge in [-0.3, -0.25) is 24.3 Å². The standard InChI is InChI=1S/C36H31N3O5/c1-19-17-22(4)33(23(5)18-19)38-34-31(32(37-35(34)41)28-20(2)9-8-10-21(28)3)30(26-11-6-7-12-27(26)40)29(36(38)42)24-13-15-25(16-14-24)39(43)44/h6-18,32,40H,1-5H3,(H,37,41). The molecule has 1 aromatic heterocycles. The van der Waals surface area contributed by atoms with Gasteiger partial charge in [0.05, 0.1) is 22.2 Å². The summed E-state index contributed by atoms with van der Waals surface area (Å²) < 4.78 is 1.49. The van der Waals surface area contributed by atoms with Crippen LogP contribution >= 0.6 is 0 Å². The number of hydrogen-bond donors (Lipinski definition) is 2. The van der Waals surface area contributed by atoms with E-state index in [2.05, 4.69) is 5.32 Å². The molecule has 1 unspecified atom stereocenters. The third-order valence-electron chi connectivity index (χ3n) is 8.42. The maximum Gasteiger partial charge on any atom is 0.269 e. The van der Waals surface area contributed by atoms with Gasteiger partial charge in [-0.2, -0.15) is 0 Å². The normalized spacial score (nSPS) is 13.9. The summed E-state index contributed by atoms with van der Waals surface area (Å²) in [6.45, 7) is 9.75. The number of aryl methyl sites for hydroxylation is 5. The van der Waals surface area contributed by atoms with Crippen molar-refractivity contribution in [2.45, 2.75) is 40.7 Å². The average molecular weight is 586 g/mol. The molecule has 4 aromatic carbocycles. The van der Waals surface area contributed by atoms with E-state index >= 15 is 0 Å². The number of phenols is 1. The predicted molar refractivity (Wildman–Crippen MR) is 171 cm³/mol. The Morgan fingerprint density at radius 3 is 1.98 bits per heavy atom. The zero-order chi connectivity index (χ0) is 31.4. The summed E-state index contributed by atoms with van der Waals surface area (Å²) in [5, 5.41) is 25.9. The number of carbonyl (C=O) groups excluding carboxylic acids is 1. The zero-order valence-corrected chi connectivity index (χ0v) is 25.1. The highest BCUT2D eigenvalue weighted by Crippen LogP contribution is 2.46. The smallest absolute Gasteiger partial charge is 0.269 e. The largest absolute Gasteiger partial charge is 0.507 e. The number of nitro groups is 1. The number of nitrogens with zero attached hydrogens (tertiary/aromatic N) is 2. The number of non-ortho nitro benzene ring substituents is 1. The van der Waals surface area contributed by atoms with Gasteiger partial charge in [0, 0.05) is 28.8 Å². The highest BCUT2D eigenvalue weighted by atomic mass is 16.6. The first-order chi connectivity index (χ1) is 21.0. The first kappa shape index (κ1) is 28.6. The number of benzene rings is 4. The topological polar surface area (TPSA) is 114 Å². The molecule has 0 radical (unpaired) electrons. The number of carbonyl (C=O) groups is 1. The number of rotatable bonds is 5. The van der Waals surface area contributed by atoms with Crippen molar-refractivity contribution in [1.82, 2.24) is 9.88 Å². The second kappa shape index (κ2) is 10.6. The number of nitro benzene ring substituents is 1. The van der Waals surface area contributed by atoms with Crippen LogP contribution in [0.5, 0.6) is 5.75 Å². The van der Waals surface area contributed by atoms with Crippen LogP contribution in [0.2, 0.25) is 0 Å². The van der Waals surface area contributed by atoms with Crippen LogP contribution < -0.4 is 10.9 Å². The lowest BCUT2D eigenvalue weighted by Crippen LogP contribution is -2.29. The maximum absolute atomic E-state index is 14.9. The molecule has 0 aliphatic carbocycles. The number of para-hydroxylation sites is 1. The summed E-state index contributed by atoms with van der Waals surface area (Å²) in [5.74, 6) is -0.464. The van der Waals surface area contributed by atoms with Gasteiger partial charge in [-0.25, -0.2) is 0 Å². The number of amides is 1. The second-order valence-corrected chi connectivity index (χ2v) is 11.4. The van der Waals surface area contributed by atoms with E-state index in [9.17, 15) is 24.8 Å². The van der Waals surface area contributed by atoms with Crippen molar-refractivity contribution in [3.8, 4) is 33.7 Å². The quantitative estimate of drug-likeness (QED) is 0.168. The first-order valence-electron chi connectivity index (χ1n) is 14.3. The number of fused-ring (bicyclic) bond motifs is 1. The number of hydrogen-bond acceptors (Lipinski definition) is 5. The van der Waals surface area contributed by atoms with E-state index < -0.39 is 22.4 Å². The van der Waals surface area contributed by atoms with Crippen molar-refractivity contribution in [3.05, 3.63) is 144 Å². The molecule has 0 bridgehead atoms. The summed E-state index contributed by atoms with van der Waals surface area (Å²) in [7, 11) is 0. The summed E-state index contributed by atoms with van der Waals surface area (Å²) in [5.41, 5.74) is 7.69. The Hall–Kier alpha value is -5.50. The zero-order valence-electron chi connectivity index (χ0n) is 25.1. The average Bonchev–Trinajstić information content (AvgIpc) is 3.29. The first-order valence-corrected chi connectivity index (χ1v) is 14.3. The molecule has 1 aliphatic rings. The molecule has 8 nitrogen and oxygen atoms in total. The third kappa shape index (κ3) is 4.46.